The molecular weight excluding hydrogens is 281 g/mol. The predicted octanol–water partition coefficient (Wildman–Crippen LogP) is 3.99. The maximum absolute atomic E-state index is 6.30. The zero-order chi connectivity index (χ0) is 13.8. The smallest absolute Gasteiger partial charge is 0.0868 e. The number of hydrogen-bond donors (Lipinski definition) is 1. The summed E-state index contributed by atoms with van der Waals surface area (Å²) in [6, 6.07) is 8.06. The molecule has 19 heavy (non-hydrogen) atoms. The van der Waals surface area contributed by atoms with E-state index in [2.05, 4.69) is 17.3 Å². The fourth-order valence-corrected chi connectivity index (χ4v) is 2.45. The zero-order valence-corrected chi connectivity index (χ0v) is 12.6. The average Bonchev–Trinajstić information content (AvgIpc) is 2.72. The van der Waals surface area contributed by atoms with Crippen LogP contribution in [-0.4, -0.2) is 9.78 Å². The number of aromatic nitrogens is 2. The molecule has 0 amide bonds. The number of rotatable bonds is 5. The van der Waals surface area contributed by atoms with Gasteiger partial charge in [-0.2, -0.15) is 5.10 Å². The van der Waals surface area contributed by atoms with E-state index in [4.69, 9.17) is 23.2 Å². The highest BCUT2D eigenvalue weighted by atomic mass is 35.5. The molecule has 3 nitrogen and oxygen atoms in total. The molecule has 0 aliphatic rings. The Hall–Kier alpha value is -1.19. The van der Waals surface area contributed by atoms with Crippen LogP contribution in [0.5, 0.6) is 0 Å². The molecule has 0 aliphatic heterocycles. The lowest BCUT2D eigenvalue weighted by Gasteiger charge is -2.07. The van der Waals surface area contributed by atoms with Crippen molar-refractivity contribution < 1.29 is 0 Å². The van der Waals surface area contributed by atoms with Gasteiger partial charge in [-0.05, 0) is 24.1 Å². The summed E-state index contributed by atoms with van der Waals surface area (Å²) in [7, 11) is 1.92. The van der Waals surface area contributed by atoms with Gasteiger partial charge in [0.1, 0.15) is 0 Å². The molecule has 1 aromatic heterocycles. The van der Waals surface area contributed by atoms with E-state index in [1.807, 2.05) is 36.0 Å². The van der Waals surface area contributed by atoms with Crippen LogP contribution in [0, 0.1) is 0 Å². The normalized spacial score (nSPS) is 10.7. The highest BCUT2D eigenvalue weighted by Gasteiger charge is 2.12. The first-order valence-electron chi connectivity index (χ1n) is 6.24. The second-order valence-electron chi connectivity index (χ2n) is 4.37. The Morgan fingerprint density at radius 1 is 1.26 bits per heavy atom. The van der Waals surface area contributed by atoms with Crippen LogP contribution in [0.15, 0.2) is 24.3 Å². The van der Waals surface area contributed by atoms with E-state index in [0.717, 1.165) is 34.1 Å². The summed E-state index contributed by atoms with van der Waals surface area (Å²) in [4.78, 5) is 0. The number of benzene rings is 1. The van der Waals surface area contributed by atoms with Gasteiger partial charge in [0, 0.05) is 18.6 Å². The second kappa shape index (κ2) is 6.31. The van der Waals surface area contributed by atoms with Crippen molar-refractivity contribution in [2.75, 3.05) is 5.32 Å². The number of nitrogens with zero attached hydrogens (tertiary/aromatic N) is 2. The van der Waals surface area contributed by atoms with E-state index in [9.17, 15) is 0 Å². The summed E-state index contributed by atoms with van der Waals surface area (Å²) in [5.74, 6) is 0.535. The highest BCUT2D eigenvalue weighted by molar-refractivity contribution is 6.31. The van der Waals surface area contributed by atoms with Crippen LogP contribution < -0.4 is 5.32 Å². The van der Waals surface area contributed by atoms with E-state index in [1.165, 1.54) is 0 Å². The van der Waals surface area contributed by atoms with E-state index in [0.29, 0.717) is 12.4 Å². The molecule has 1 N–H and O–H groups in total. The monoisotopic (exact) mass is 297 g/mol. The fourth-order valence-electron chi connectivity index (χ4n) is 1.91. The number of aryl methyl sites for hydroxylation is 2. The van der Waals surface area contributed by atoms with Gasteiger partial charge < -0.3 is 5.32 Å². The quantitative estimate of drug-likeness (QED) is 0.846. The minimum atomic E-state index is 0.535. The molecule has 102 valence electrons. The molecule has 5 heteroatoms. The Morgan fingerprint density at radius 3 is 2.47 bits per heavy atom. The Kier molecular flexibility index (Phi) is 4.72. The van der Waals surface area contributed by atoms with Gasteiger partial charge in [0.15, 0.2) is 0 Å². The van der Waals surface area contributed by atoms with Crippen molar-refractivity contribution >= 4 is 28.9 Å². The van der Waals surface area contributed by atoms with Crippen molar-refractivity contribution in [1.29, 1.82) is 0 Å². The van der Waals surface area contributed by atoms with Crippen molar-refractivity contribution in [2.24, 2.45) is 7.05 Å². The highest BCUT2D eigenvalue weighted by Crippen LogP contribution is 2.22. The molecule has 2 aromatic rings. The Labute approximate surface area is 123 Å². The molecule has 1 aromatic carbocycles. The predicted molar refractivity (Wildman–Crippen MR) is 80.9 cm³/mol. The van der Waals surface area contributed by atoms with Crippen molar-refractivity contribution in [3.05, 3.63) is 46.2 Å². The minimum absolute atomic E-state index is 0.535. The van der Waals surface area contributed by atoms with Gasteiger partial charge in [-0.1, -0.05) is 30.7 Å². The average molecular weight is 298 g/mol. The van der Waals surface area contributed by atoms with E-state index in [1.54, 1.807) is 0 Å². The van der Waals surface area contributed by atoms with Crippen LogP contribution in [0.3, 0.4) is 0 Å². The maximum Gasteiger partial charge on any atom is 0.0868 e. The van der Waals surface area contributed by atoms with Gasteiger partial charge in [0.25, 0.3) is 0 Å². The molecule has 0 fully saturated rings. The molecule has 0 aliphatic carbocycles. The Morgan fingerprint density at radius 2 is 1.95 bits per heavy atom. The molecule has 0 saturated carbocycles. The summed E-state index contributed by atoms with van der Waals surface area (Å²) >= 11 is 12.1. The van der Waals surface area contributed by atoms with Crippen LogP contribution in [0.2, 0.25) is 5.02 Å². The molecule has 0 unspecified atom stereocenters. The zero-order valence-electron chi connectivity index (χ0n) is 11.1. The molecule has 0 atom stereocenters. The first-order valence-corrected chi connectivity index (χ1v) is 7.16. The van der Waals surface area contributed by atoms with E-state index < -0.39 is 0 Å². The van der Waals surface area contributed by atoms with Gasteiger partial charge in [0.2, 0.25) is 0 Å². The summed E-state index contributed by atoms with van der Waals surface area (Å²) in [5.41, 5.74) is 4.10. The Bertz CT molecular complexity index is 547. The van der Waals surface area contributed by atoms with Crippen molar-refractivity contribution in [3.63, 3.8) is 0 Å². The lowest BCUT2D eigenvalue weighted by atomic mass is 10.2. The van der Waals surface area contributed by atoms with Crippen LogP contribution in [0.1, 0.15) is 23.9 Å². The van der Waals surface area contributed by atoms with Gasteiger partial charge in [0.05, 0.1) is 23.0 Å². The van der Waals surface area contributed by atoms with E-state index in [-0.39, 0.29) is 0 Å². The molecule has 0 saturated heterocycles. The lowest BCUT2D eigenvalue weighted by molar-refractivity contribution is 0.707. The van der Waals surface area contributed by atoms with Crippen molar-refractivity contribution in [3.8, 4) is 0 Å². The third-order valence-electron chi connectivity index (χ3n) is 3.07. The van der Waals surface area contributed by atoms with Crippen LogP contribution in [-0.2, 0) is 25.9 Å². The van der Waals surface area contributed by atoms with Crippen LogP contribution in [0.25, 0.3) is 0 Å². The van der Waals surface area contributed by atoms with Gasteiger partial charge >= 0.3 is 0 Å². The molecule has 0 radical (unpaired) electrons. The van der Waals surface area contributed by atoms with Crippen molar-refractivity contribution in [2.45, 2.75) is 25.8 Å². The minimum Gasteiger partial charge on any atom is -0.379 e. The summed E-state index contributed by atoms with van der Waals surface area (Å²) in [6.07, 6.45) is 0.844. The molecule has 2 rings (SSSR count). The third kappa shape index (κ3) is 3.23. The maximum atomic E-state index is 6.30. The van der Waals surface area contributed by atoms with Gasteiger partial charge in [-0.3, -0.25) is 4.68 Å². The SMILES string of the molecule is CCc1nn(C)c(CNc2ccc(CCl)cc2)c1Cl. The summed E-state index contributed by atoms with van der Waals surface area (Å²) < 4.78 is 1.83. The molecular formula is C14H17Cl2N3. The molecule has 1 heterocycles. The number of halogens is 2. The topological polar surface area (TPSA) is 29.9 Å². The number of hydrogen-bond acceptors (Lipinski definition) is 2. The number of anilines is 1. The van der Waals surface area contributed by atoms with Crippen LogP contribution >= 0.6 is 23.2 Å². The third-order valence-corrected chi connectivity index (χ3v) is 3.82. The van der Waals surface area contributed by atoms with Gasteiger partial charge in [-0.25, -0.2) is 0 Å². The Balaban J connectivity index is 2.07. The molecule has 0 bridgehead atoms. The van der Waals surface area contributed by atoms with E-state index >= 15 is 0 Å². The van der Waals surface area contributed by atoms with Crippen LogP contribution in [0.4, 0.5) is 5.69 Å². The number of nitrogens with one attached hydrogen (secondary N) is 1. The largest absolute Gasteiger partial charge is 0.379 e. The van der Waals surface area contributed by atoms with Gasteiger partial charge in [-0.15, -0.1) is 11.6 Å². The standard InChI is InChI=1S/C14H17Cl2N3/c1-3-12-14(16)13(19(2)18-12)9-17-11-6-4-10(8-15)5-7-11/h4-7,17H,3,8-9H2,1-2H3. The van der Waals surface area contributed by atoms with Crippen molar-refractivity contribution in [1.82, 2.24) is 9.78 Å². The number of alkyl halides is 1. The summed E-state index contributed by atoms with van der Waals surface area (Å²) in [5, 5.41) is 8.50. The second-order valence-corrected chi connectivity index (χ2v) is 5.01. The first-order chi connectivity index (χ1) is 9.15. The summed E-state index contributed by atoms with van der Waals surface area (Å²) in [6.45, 7) is 2.71. The lowest BCUT2D eigenvalue weighted by Crippen LogP contribution is -2.05. The molecule has 0 spiro atoms. The first kappa shape index (κ1) is 14.2. The fraction of sp³-hybridized carbons (Fsp3) is 0.357.